The number of esters is 1. The number of hydrogen-bond donors (Lipinski definition) is 0. The molecule has 2 atom stereocenters. The largest absolute Gasteiger partial charge is 0.494 e. The molecule has 0 radical (unpaired) electrons. The van der Waals surface area contributed by atoms with Gasteiger partial charge in [-0.15, -0.1) is 0 Å². The Hall–Kier alpha value is -2.61. The molecule has 2 aromatic carbocycles. The molecule has 0 bridgehead atoms. The molecule has 4 rings (SSSR count). The van der Waals surface area contributed by atoms with E-state index in [9.17, 15) is 18.0 Å². The number of carbonyl (C=O) groups is 1. The van der Waals surface area contributed by atoms with Crippen molar-refractivity contribution in [2.45, 2.75) is 76.5 Å². The van der Waals surface area contributed by atoms with Gasteiger partial charge in [-0.25, -0.2) is 4.39 Å². The van der Waals surface area contributed by atoms with Crippen LogP contribution < -0.4 is 9.47 Å². The summed E-state index contributed by atoms with van der Waals surface area (Å²) in [5.74, 6) is -1.84. The van der Waals surface area contributed by atoms with Crippen molar-refractivity contribution in [2.24, 2.45) is 5.92 Å². The number of hydrogen-bond acceptors (Lipinski definition) is 4. The van der Waals surface area contributed by atoms with Gasteiger partial charge in [0.2, 0.25) is 0 Å². The number of benzene rings is 2. The maximum atomic E-state index is 15.0. The number of rotatable bonds is 6. The molecule has 2 unspecified atom stereocenters. The maximum absolute atomic E-state index is 15.0. The monoisotopic (exact) mass is 508 g/mol. The van der Waals surface area contributed by atoms with Crippen molar-refractivity contribution in [3.05, 3.63) is 58.9 Å². The molecule has 0 aromatic heterocycles. The first kappa shape index (κ1) is 26.5. The normalized spacial score (nSPS) is 24.8. The summed E-state index contributed by atoms with van der Waals surface area (Å²) in [5.41, 5.74) is -0.268. The Labute approximate surface area is 208 Å². The van der Waals surface area contributed by atoms with Gasteiger partial charge in [-0.05, 0) is 86.6 Å². The number of ether oxygens (including phenoxy) is 3. The Bertz CT molecular complexity index is 1030. The molecule has 0 N–H and O–H groups in total. The zero-order valence-electron chi connectivity index (χ0n) is 20.6. The van der Waals surface area contributed by atoms with E-state index in [1.807, 2.05) is 19.1 Å². The quantitative estimate of drug-likeness (QED) is 0.232. The molecular formula is C28H32F4O4. The second kappa shape index (κ2) is 11.2. The molecule has 1 saturated carbocycles. The topological polar surface area (TPSA) is 44.8 Å². The predicted molar refractivity (Wildman–Crippen MR) is 127 cm³/mol. The van der Waals surface area contributed by atoms with E-state index in [4.69, 9.17) is 9.47 Å². The van der Waals surface area contributed by atoms with Crippen LogP contribution in [0.15, 0.2) is 36.4 Å². The molecule has 1 aliphatic heterocycles. The van der Waals surface area contributed by atoms with Crippen molar-refractivity contribution in [3.63, 3.8) is 0 Å². The Balaban J connectivity index is 1.35. The van der Waals surface area contributed by atoms with Crippen LogP contribution in [-0.4, -0.2) is 25.3 Å². The van der Waals surface area contributed by atoms with Crippen LogP contribution >= 0.6 is 0 Å². The number of halogens is 4. The number of carbonyl (C=O) groups excluding carboxylic acids is 1. The van der Waals surface area contributed by atoms with E-state index in [1.54, 1.807) is 0 Å². The Morgan fingerprint density at radius 1 is 0.972 bits per heavy atom. The van der Waals surface area contributed by atoms with Crippen LogP contribution in [0.25, 0.3) is 0 Å². The minimum atomic E-state index is -4.98. The molecule has 1 aliphatic carbocycles. The SMILES string of the molecule is CCOc1ccc(C2CCC(C3CCC(c4ccc(OC(C)=O)c(C(F)(F)F)c4F)CO3)CC2)cc1. The third-order valence-electron chi connectivity index (χ3n) is 7.38. The van der Waals surface area contributed by atoms with E-state index in [0.717, 1.165) is 44.4 Å². The van der Waals surface area contributed by atoms with E-state index >= 15 is 4.39 Å². The third kappa shape index (κ3) is 6.02. The van der Waals surface area contributed by atoms with Crippen LogP contribution in [0.3, 0.4) is 0 Å². The summed E-state index contributed by atoms with van der Waals surface area (Å²) >= 11 is 0. The van der Waals surface area contributed by atoms with Crippen molar-refractivity contribution in [1.29, 1.82) is 0 Å². The van der Waals surface area contributed by atoms with Crippen molar-refractivity contribution in [3.8, 4) is 11.5 Å². The zero-order chi connectivity index (χ0) is 25.9. The molecule has 2 aliphatic rings. The molecule has 2 fully saturated rings. The van der Waals surface area contributed by atoms with Gasteiger partial charge < -0.3 is 14.2 Å². The highest BCUT2D eigenvalue weighted by Crippen LogP contribution is 2.44. The molecule has 4 nitrogen and oxygen atoms in total. The Kier molecular flexibility index (Phi) is 8.23. The lowest BCUT2D eigenvalue weighted by molar-refractivity contribution is -0.143. The van der Waals surface area contributed by atoms with Gasteiger partial charge in [0.1, 0.15) is 22.9 Å². The third-order valence-corrected chi connectivity index (χ3v) is 7.38. The fourth-order valence-corrected chi connectivity index (χ4v) is 5.61. The average Bonchev–Trinajstić information content (AvgIpc) is 2.84. The van der Waals surface area contributed by atoms with Crippen LogP contribution in [0.5, 0.6) is 11.5 Å². The summed E-state index contributed by atoms with van der Waals surface area (Å²) in [5, 5.41) is 0. The minimum absolute atomic E-state index is 0.0352. The van der Waals surface area contributed by atoms with E-state index < -0.39 is 35.2 Å². The summed E-state index contributed by atoms with van der Waals surface area (Å²) < 4.78 is 71.9. The van der Waals surface area contributed by atoms with Gasteiger partial charge in [-0.3, -0.25) is 4.79 Å². The average molecular weight is 509 g/mol. The molecular weight excluding hydrogens is 476 g/mol. The van der Waals surface area contributed by atoms with Crippen molar-refractivity contribution in [2.75, 3.05) is 13.2 Å². The first-order chi connectivity index (χ1) is 17.2. The van der Waals surface area contributed by atoms with Gasteiger partial charge in [-0.1, -0.05) is 18.2 Å². The second-order valence-corrected chi connectivity index (χ2v) is 9.69. The fraction of sp³-hybridized carbons (Fsp3) is 0.536. The van der Waals surface area contributed by atoms with Crippen LogP contribution in [0.4, 0.5) is 17.6 Å². The minimum Gasteiger partial charge on any atom is -0.494 e. The summed E-state index contributed by atoms with van der Waals surface area (Å²) in [6.45, 7) is 3.75. The van der Waals surface area contributed by atoms with Crippen LogP contribution in [0, 0.1) is 11.7 Å². The van der Waals surface area contributed by atoms with Gasteiger partial charge in [-0.2, -0.15) is 13.2 Å². The molecule has 0 amide bonds. The number of alkyl halides is 3. The highest BCUT2D eigenvalue weighted by Gasteiger charge is 2.41. The Morgan fingerprint density at radius 2 is 1.64 bits per heavy atom. The first-order valence-electron chi connectivity index (χ1n) is 12.6. The first-order valence-corrected chi connectivity index (χ1v) is 12.6. The zero-order valence-corrected chi connectivity index (χ0v) is 20.6. The summed E-state index contributed by atoms with van der Waals surface area (Å²) in [6, 6.07) is 10.6. The van der Waals surface area contributed by atoms with Gasteiger partial charge >= 0.3 is 12.1 Å². The van der Waals surface area contributed by atoms with E-state index in [0.29, 0.717) is 31.3 Å². The highest BCUT2D eigenvalue weighted by atomic mass is 19.4. The summed E-state index contributed by atoms with van der Waals surface area (Å²) in [7, 11) is 0. The predicted octanol–water partition coefficient (Wildman–Crippen LogP) is 7.41. The smallest absolute Gasteiger partial charge is 0.422 e. The van der Waals surface area contributed by atoms with Crippen molar-refractivity contribution in [1.82, 2.24) is 0 Å². The highest BCUT2D eigenvalue weighted by molar-refractivity contribution is 5.70. The maximum Gasteiger partial charge on any atom is 0.422 e. The molecule has 1 saturated heterocycles. The molecule has 8 heteroatoms. The lowest BCUT2D eigenvalue weighted by Gasteiger charge is -2.38. The van der Waals surface area contributed by atoms with Crippen LogP contribution in [0.2, 0.25) is 0 Å². The van der Waals surface area contributed by atoms with E-state index in [-0.39, 0.29) is 18.3 Å². The second-order valence-electron chi connectivity index (χ2n) is 9.69. The Morgan fingerprint density at radius 3 is 2.19 bits per heavy atom. The molecule has 2 aromatic rings. The fourth-order valence-electron chi connectivity index (χ4n) is 5.61. The summed E-state index contributed by atoms with van der Waals surface area (Å²) in [6.07, 6.45) is 0.443. The standard InChI is InChI=1S/C28H32F4O4/c1-3-34-22-11-8-19(9-12-22)18-4-6-20(7-5-18)24-14-10-21(16-35-24)23-13-15-25(36-17(2)33)26(27(23)29)28(30,31)32/h8-9,11-13,15,18,20-21,24H,3-7,10,14,16H2,1-2H3. The van der Waals surface area contributed by atoms with Gasteiger partial charge in [0.15, 0.2) is 0 Å². The molecule has 196 valence electrons. The lowest BCUT2D eigenvalue weighted by atomic mass is 9.75. The van der Waals surface area contributed by atoms with Crippen LogP contribution in [0.1, 0.15) is 80.9 Å². The van der Waals surface area contributed by atoms with Gasteiger partial charge in [0.25, 0.3) is 0 Å². The molecule has 36 heavy (non-hydrogen) atoms. The van der Waals surface area contributed by atoms with E-state index in [1.165, 1.54) is 11.6 Å². The van der Waals surface area contributed by atoms with Gasteiger partial charge in [0.05, 0.1) is 19.3 Å². The van der Waals surface area contributed by atoms with Crippen molar-refractivity contribution < 1.29 is 36.6 Å². The van der Waals surface area contributed by atoms with Crippen LogP contribution in [-0.2, 0) is 15.7 Å². The summed E-state index contributed by atoms with van der Waals surface area (Å²) in [4.78, 5) is 11.2. The lowest BCUT2D eigenvalue weighted by Crippen LogP contribution is -2.33. The molecule has 0 spiro atoms. The van der Waals surface area contributed by atoms with Crippen molar-refractivity contribution >= 4 is 5.97 Å². The van der Waals surface area contributed by atoms with E-state index in [2.05, 4.69) is 16.9 Å². The molecule has 1 heterocycles. The van der Waals surface area contributed by atoms with Gasteiger partial charge in [0, 0.05) is 12.8 Å².